The van der Waals surface area contributed by atoms with Crippen LogP contribution in [0, 0.1) is 0 Å². The molecule has 4 aromatic rings. The molecule has 0 spiro atoms. The molecule has 0 aliphatic carbocycles. The van der Waals surface area contributed by atoms with Crippen LogP contribution in [0.5, 0.6) is 5.75 Å². The summed E-state index contributed by atoms with van der Waals surface area (Å²) in [5, 5.41) is 1.97. The molecule has 1 saturated heterocycles. The van der Waals surface area contributed by atoms with E-state index in [1.54, 1.807) is 29.5 Å². The van der Waals surface area contributed by atoms with Gasteiger partial charge < -0.3 is 14.1 Å². The molecule has 0 saturated carbocycles. The highest BCUT2D eigenvalue weighted by molar-refractivity contribution is 7.18. The minimum absolute atomic E-state index is 0.0334. The van der Waals surface area contributed by atoms with Crippen molar-refractivity contribution in [2.75, 3.05) is 19.7 Å². The van der Waals surface area contributed by atoms with Gasteiger partial charge in [-0.2, -0.15) is 0 Å². The predicted octanol–water partition coefficient (Wildman–Crippen LogP) is 4.19. The first-order valence-corrected chi connectivity index (χ1v) is 10.8. The van der Waals surface area contributed by atoms with Crippen LogP contribution in [-0.2, 0) is 4.79 Å². The fourth-order valence-electron chi connectivity index (χ4n) is 3.81. The first-order valence-electron chi connectivity index (χ1n) is 9.96. The van der Waals surface area contributed by atoms with E-state index in [9.17, 15) is 9.59 Å². The second-order valence-corrected chi connectivity index (χ2v) is 8.48. The van der Waals surface area contributed by atoms with Gasteiger partial charge in [-0.1, -0.05) is 12.1 Å². The predicted molar refractivity (Wildman–Crippen MR) is 116 cm³/mol. The first kappa shape index (κ1) is 18.8. The van der Waals surface area contributed by atoms with Gasteiger partial charge in [-0.05, 0) is 43.2 Å². The average Bonchev–Trinajstić information content (AvgIpc) is 3.21. The normalized spacial score (nSPS) is 15.0. The topological polar surface area (TPSA) is 72.6 Å². The largest absolute Gasteiger partial charge is 0.484 e. The SMILES string of the molecule is O=C(COc1ccc2ccc(=O)oc2c1)N1CCC(c2nc3ccccc3s2)CC1. The maximum atomic E-state index is 12.6. The van der Waals surface area contributed by atoms with Gasteiger partial charge in [-0.3, -0.25) is 4.79 Å². The number of rotatable bonds is 4. The Kier molecular flexibility index (Phi) is 4.96. The van der Waals surface area contributed by atoms with Gasteiger partial charge in [0.25, 0.3) is 5.91 Å². The zero-order chi connectivity index (χ0) is 20.5. The standard InChI is InChI=1S/C23H20N2O4S/c26-21(14-28-17-7-5-15-6-8-22(27)29-19(15)13-17)25-11-9-16(10-12-25)23-24-18-3-1-2-4-20(18)30-23/h1-8,13,16H,9-12,14H2. The second-order valence-electron chi connectivity index (χ2n) is 7.42. The van der Waals surface area contributed by atoms with Crippen LogP contribution in [0.15, 0.2) is 63.8 Å². The number of thiazole rings is 1. The zero-order valence-corrected chi connectivity index (χ0v) is 17.1. The van der Waals surface area contributed by atoms with Gasteiger partial charge in [0, 0.05) is 36.5 Å². The molecule has 0 unspecified atom stereocenters. The van der Waals surface area contributed by atoms with Gasteiger partial charge in [-0.15, -0.1) is 11.3 Å². The molecule has 1 fully saturated rings. The van der Waals surface area contributed by atoms with Gasteiger partial charge >= 0.3 is 5.63 Å². The van der Waals surface area contributed by atoms with Crippen LogP contribution in [0.4, 0.5) is 0 Å². The molecule has 2 aromatic carbocycles. The summed E-state index contributed by atoms with van der Waals surface area (Å²) in [5.74, 6) is 0.873. The number of nitrogens with zero attached hydrogens (tertiary/aromatic N) is 2. The Bertz CT molecular complexity index is 1240. The minimum Gasteiger partial charge on any atom is -0.484 e. The maximum Gasteiger partial charge on any atom is 0.336 e. The van der Waals surface area contributed by atoms with Crippen LogP contribution in [0.1, 0.15) is 23.8 Å². The molecule has 0 radical (unpaired) electrons. The first-order chi connectivity index (χ1) is 14.7. The highest BCUT2D eigenvalue weighted by atomic mass is 32.1. The number of ether oxygens (including phenoxy) is 1. The van der Waals surface area contributed by atoms with Gasteiger partial charge in [0.1, 0.15) is 11.3 Å². The number of amides is 1. The lowest BCUT2D eigenvalue weighted by atomic mass is 9.97. The number of piperidine rings is 1. The number of hydrogen-bond donors (Lipinski definition) is 0. The van der Waals surface area contributed by atoms with E-state index < -0.39 is 5.63 Å². The van der Waals surface area contributed by atoms with Crippen molar-refractivity contribution in [1.29, 1.82) is 0 Å². The number of fused-ring (bicyclic) bond motifs is 2. The Morgan fingerprint density at radius 3 is 2.77 bits per heavy atom. The number of aromatic nitrogens is 1. The van der Waals surface area contributed by atoms with E-state index in [4.69, 9.17) is 14.1 Å². The van der Waals surface area contributed by atoms with Crippen LogP contribution in [0.2, 0.25) is 0 Å². The van der Waals surface area contributed by atoms with Crippen molar-refractivity contribution in [2.45, 2.75) is 18.8 Å². The minimum atomic E-state index is -0.410. The Labute approximate surface area is 176 Å². The molecule has 30 heavy (non-hydrogen) atoms. The van der Waals surface area contributed by atoms with Crippen LogP contribution in [0.25, 0.3) is 21.2 Å². The lowest BCUT2D eigenvalue weighted by molar-refractivity contribution is -0.134. The lowest BCUT2D eigenvalue weighted by Gasteiger charge is -2.31. The summed E-state index contributed by atoms with van der Waals surface area (Å²) in [7, 11) is 0. The van der Waals surface area contributed by atoms with Crippen molar-refractivity contribution >= 4 is 38.4 Å². The molecule has 6 nitrogen and oxygen atoms in total. The summed E-state index contributed by atoms with van der Waals surface area (Å²) in [6.07, 6.45) is 1.82. The number of para-hydroxylation sites is 1. The van der Waals surface area contributed by atoms with Crippen LogP contribution in [-0.4, -0.2) is 35.5 Å². The summed E-state index contributed by atoms with van der Waals surface area (Å²) in [5.41, 5.74) is 1.09. The van der Waals surface area contributed by atoms with Crippen molar-refractivity contribution in [1.82, 2.24) is 9.88 Å². The Morgan fingerprint density at radius 1 is 1.13 bits per heavy atom. The third-order valence-electron chi connectivity index (χ3n) is 5.46. The van der Waals surface area contributed by atoms with Gasteiger partial charge in [0.05, 0.1) is 15.2 Å². The summed E-state index contributed by atoms with van der Waals surface area (Å²) < 4.78 is 12.0. The molecule has 1 amide bonds. The van der Waals surface area contributed by atoms with E-state index in [2.05, 4.69) is 6.07 Å². The zero-order valence-electron chi connectivity index (χ0n) is 16.2. The average molecular weight is 420 g/mol. The molecule has 0 N–H and O–H groups in total. The Hall–Kier alpha value is -3.19. The molecular formula is C23H20N2O4S. The number of likely N-dealkylation sites (tertiary alicyclic amines) is 1. The van der Waals surface area contributed by atoms with Crippen LogP contribution >= 0.6 is 11.3 Å². The van der Waals surface area contributed by atoms with E-state index in [-0.39, 0.29) is 12.5 Å². The highest BCUT2D eigenvalue weighted by Crippen LogP contribution is 2.33. The van der Waals surface area contributed by atoms with E-state index >= 15 is 0 Å². The van der Waals surface area contributed by atoms with E-state index in [1.165, 1.54) is 10.8 Å². The summed E-state index contributed by atoms with van der Waals surface area (Å²) >= 11 is 1.75. The highest BCUT2D eigenvalue weighted by Gasteiger charge is 2.26. The summed E-state index contributed by atoms with van der Waals surface area (Å²) in [6.45, 7) is 1.37. The third-order valence-corrected chi connectivity index (χ3v) is 6.66. The molecular weight excluding hydrogens is 400 g/mol. The number of hydrogen-bond acceptors (Lipinski definition) is 6. The van der Waals surface area contributed by atoms with Crippen molar-refractivity contribution in [3.8, 4) is 5.75 Å². The maximum absolute atomic E-state index is 12.6. The van der Waals surface area contributed by atoms with Gasteiger partial charge in [-0.25, -0.2) is 9.78 Å². The van der Waals surface area contributed by atoms with Gasteiger partial charge in [0.2, 0.25) is 0 Å². The molecule has 152 valence electrons. The van der Waals surface area contributed by atoms with E-state index in [1.807, 2.05) is 29.2 Å². The molecule has 1 aliphatic heterocycles. The molecule has 0 atom stereocenters. The summed E-state index contributed by atoms with van der Waals surface area (Å²) in [4.78, 5) is 30.6. The lowest BCUT2D eigenvalue weighted by Crippen LogP contribution is -2.40. The summed E-state index contributed by atoms with van der Waals surface area (Å²) in [6, 6.07) is 16.5. The smallest absolute Gasteiger partial charge is 0.336 e. The Balaban J connectivity index is 1.18. The van der Waals surface area contributed by atoms with Crippen LogP contribution < -0.4 is 10.4 Å². The van der Waals surface area contributed by atoms with Crippen molar-refractivity contribution < 1.29 is 13.9 Å². The van der Waals surface area contributed by atoms with Crippen molar-refractivity contribution in [2.24, 2.45) is 0 Å². The van der Waals surface area contributed by atoms with Crippen molar-refractivity contribution in [3.63, 3.8) is 0 Å². The number of carbonyl (C=O) groups is 1. The molecule has 3 heterocycles. The van der Waals surface area contributed by atoms with Gasteiger partial charge in [0.15, 0.2) is 6.61 Å². The monoisotopic (exact) mass is 420 g/mol. The molecule has 2 aromatic heterocycles. The number of carbonyl (C=O) groups excluding carboxylic acids is 1. The third kappa shape index (κ3) is 3.80. The van der Waals surface area contributed by atoms with E-state index in [0.29, 0.717) is 30.3 Å². The Morgan fingerprint density at radius 2 is 1.93 bits per heavy atom. The molecule has 1 aliphatic rings. The molecule has 5 rings (SSSR count). The fourth-order valence-corrected chi connectivity index (χ4v) is 4.94. The second kappa shape index (κ2) is 7.91. The molecule has 0 bridgehead atoms. The van der Waals surface area contributed by atoms with Crippen LogP contribution in [0.3, 0.4) is 0 Å². The quantitative estimate of drug-likeness (QED) is 0.463. The van der Waals surface area contributed by atoms with E-state index in [0.717, 1.165) is 28.8 Å². The van der Waals surface area contributed by atoms with Crippen molar-refractivity contribution in [3.05, 3.63) is 70.0 Å². The number of benzene rings is 2. The molecule has 7 heteroatoms. The fraction of sp³-hybridized carbons (Fsp3) is 0.261.